The third kappa shape index (κ3) is 4.20. The van der Waals surface area contributed by atoms with Crippen molar-refractivity contribution in [1.29, 1.82) is 0 Å². The molecule has 1 unspecified atom stereocenters. The molecule has 0 saturated carbocycles. The highest BCUT2D eigenvalue weighted by Gasteiger charge is 2.15. The van der Waals surface area contributed by atoms with E-state index in [0.29, 0.717) is 19.0 Å². The van der Waals surface area contributed by atoms with Gasteiger partial charge in [0.2, 0.25) is 5.91 Å². The Labute approximate surface area is 144 Å². The molecule has 0 aromatic heterocycles. The van der Waals surface area contributed by atoms with Crippen LogP contribution in [0.2, 0.25) is 0 Å². The van der Waals surface area contributed by atoms with Gasteiger partial charge in [0.1, 0.15) is 19.0 Å². The SMILES string of the molecule is CC(NC(=O)CSc1ccc(F)cc1)c1ccc2c(c1)OCCO2. The summed E-state index contributed by atoms with van der Waals surface area (Å²) >= 11 is 1.37. The fourth-order valence-corrected chi connectivity index (χ4v) is 3.09. The number of thioether (sulfide) groups is 1. The molecule has 2 aromatic carbocycles. The molecule has 0 aliphatic carbocycles. The van der Waals surface area contributed by atoms with Crippen LogP contribution in [0.3, 0.4) is 0 Å². The second kappa shape index (κ2) is 7.57. The summed E-state index contributed by atoms with van der Waals surface area (Å²) < 4.78 is 23.9. The number of amides is 1. The first kappa shape index (κ1) is 16.6. The Hall–Kier alpha value is -2.21. The summed E-state index contributed by atoms with van der Waals surface area (Å²) in [5, 5.41) is 2.95. The second-order valence-electron chi connectivity index (χ2n) is 5.43. The molecule has 0 saturated heterocycles. The van der Waals surface area contributed by atoms with E-state index in [2.05, 4.69) is 5.32 Å². The van der Waals surface area contributed by atoms with Crippen LogP contribution >= 0.6 is 11.8 Å². The lowest BCUT2D eigenvalue weighted by atomic mass is 10.1. The third-order valence-corrected chi connectivity index (χ3v) is 4.64. The Bertz CT molecular complexity index is 721. The fraction of sp³-hybridized carbons (Fsp3) is 0.278. The smallest absolute Gasteiger partial charge is 0.230 e. The summed E-state index contributed by atoms with van der Waals surface area (Å²) in [5.74, 6) is 1.36. The first-order valence-corrected chi connectivity index (χ1v) is 8.67. The molecule has 0 radical (unpaired) electrons. The second-order valence-corrected chi connectivity index (χ2v) is 6.48. The minimum Gasteiger partial charge on any atom is -0.486 e. The number of carbonyl (C=O) groups excluding carboxylic acids is 1. The van der Waals surface area contributed by atoms with Crippen molar-refractivity contribution < 1.29 is 18.7 Å². The van der Waals surface area contributed by atoms with Gasteiger partial charge in [-0.1, -0.05) is 6.07 Å². The van der Waals surface area contributed by atoms with Crippen molar-refractivity contribution in [2.24, 2.45) is 0 Å². The molecule has 0 spiro atoms. The molecule has 1 aliphatic rings. The van der Waals surface area contributed by atoms with E-state index in [1.54, 1.807) is 12.1 Å². The van der Waals surface area contributed by atoms with Gasteiger partial charge in [-0.05, 0) is 48.9 Å². The fourth-order valence-electron chi connectivity index (χ4n) is 2.38. The monoisotopic (exact) mass is 347 g/mol. The van der Waals surface area contributed by atoms with Crippen LogP contribution in [0.15, 0.2) is 47.4 Å². The number of nitrogens with one attached hydrogen (secondary N) is 1. The maximum atomic E-state index is 12.9. The highest BCUT2D eigenvalue weighted by molar-refractivity contribution is 8.00. The minimum atomic E-state index is -0.281. The Balaban J connectivity index is 1.55. The van der Waals surface area contributed by atoms with Gasteiger partial charge in [0.05, 0.1) is 11.8 Å². The standard InChI is InChI=1S/C18H18FNO3S/c1-12(13-2-7-16-17(10-13)23-9-8-22-16)20-18(21)11-24-15-5-3-14(19)4-6-15/h2-7,10,12H,8-9,11H2,1H3,(H,20,21). The van der Waals surface area contributed by atoms with E-state index in [4.69, 9.17) is 9.47 Å². The van der Waals surface area contributed by atoms with Gasteiger partial charge in [-0.15, -0.1) is 11.8 Å². The van der Waals surface area contributed by atoms with E-state index < -0.39 is 0 Å². The van der Waals surface area contributed by atoms with Crippen LogP contribution in [0.4, 0.5) is 4.39 Å². The summed E-state index contributed by atoms with van der Waals surface area (Å²) in [6, 6.07) is 11.6. The quantitative estimate of drug-likeness (QED) is 0.840. The minimum absolute atomic E-state index is 0.0771. The van der Waals surface area contributed by atoms with Crippen LogP contribution in [0.25, 0.3) is 0 Å². The lowest BCUT2D eigenvalue weighted by Crippen LogP contribution is -2.28. The largest absolute Gasteiger partial charge is 0.486 e. The van der Waals surface area contributed by atoms with Gasteiger partial charge in [0, 0.05) is 4.90 Å². The van der Waals surface area contributed by atoms with E-state index in [1.165, 1.54) is 23.9 Å². The molecule has 1 N–H and O–H groups in total. The van der Waals surface area contributed by atoms with Gasteiger partial charge in [0.25, 0.3) is 0 Å². The molecule has 3 rings (SSSR count). The number of rotatable bonds is 5. The summed E-state index contributed by atoms with van der Waals surface area (Å²) in [7, 11) is 0. The molecule has 24 heavy (non-hydrogen) atoms. The lowest BCUT2D eigenvalue weighted by molar-refractivity contribution is -0.119. The van der Waals surface area contributed by atoms with Gasteiger partial charge in [-0.3, -0.25) is 4.79 Å². The molecule has 2 aromatic rings. The third-order valence-electron chi connectivity index (χ3n) is 3.63. The number of halogens is 1. The summed E-state index contributed by atoms with van der Waals surface area (Å²) in [4.78, 5) is 13.0. The molecule has 0 fully saturated rings. The summed E-state index contributed by atoms with van der Waals surface area (Å²) in [6.45, 7) is 3.01. The zero-order valence-electron chi connectivity index (χ0n) is 13.3. The van der Waals surface area contributed by atoms with Gasteiger partial charge >= 0.3 is 0 Å². The molecule has 126 valence electrons. The van der Waals surface area contributed by atoms with Crippen LogP contribution in [-0.2, 0) is 4.79 Å². The Morgan fingerprint density at radius 1 is 1.17 bits per heavy atom. The zero-order chi connectivity index (χ0) is 16.9. The highest BCUT2D eigenvalue weighted by atomic mass is 32.2. The van der Waals surface area contributed by atoms with Crippen LogP contribution < -0.4 is 14.8 Å². The predicted octanol–water partition coefficient (Wildman–Crippen LogP) is 3.57. The average Bonchev–Trinajstić information content (AvgIpc) is 2.61. The molecule has 1 atom stereocenters. The first-order valence-electron chi connectivity index (χ1n) is 7.69. The van der Waals surface area contributed by atoms with Crippen LogP contribution in [0, 0.1) is 5.82 Å². The highest BCUT2D eigenvalue weighted by Crippen LogP contribution is 2.32. The van der Waals surface area contributed by atoms with Crippen LogP contribution in [0.5, 0.6) is 11.5 Å². The number of hydrogen-bond donors (Lipinski definition) is 1. The zero-order valence-corrected chi connectivity index (χ0v) is 14.1. The lowest BCUT2D eigenvalue weighted by Gasteiger charge is -2.21. The molecule has 4 nitrogen and oxygen atoms in total. The average molecular weight is 347 g/mol. The van der Waals surface area contributed by atoms with Crippen molar-refractivity contribution >= 4 is 17.7 Å². The maximum Gasteiger partial charge on any atom is 0.230 e. The Morgan fingerprint density at radius 3 is 2.62 bits per heavy atom. The number of carbonyl (C=O) groups is 1. The van der Waals surface area contributed by atoms with E-state index in [-0.39, 0.29) is 23.5 Å². The predicted molar refractivity (Wildman–Crippen MR) is 91.1 cm³/mol. The van der Waals surface area contributed by atoms with Gasteiger partial charge in [-0.2, -0.15) is 0 Å². The normalized spacial score (nSPS) is 14.1. The Morgan fingerprint density at radius 2 is 1.88 bits per heavy atom. The van der Waals surface area contributed by atoms with E-state index in [1.807, 2.05) is 25.1 Å². The van der Waals surface area contributed by atoms with E-state index >= 15 is 0 Å². The van der Waals surface area contributed by atoms with Crippen molar-refractivity contribution in [3.63, 3.8) is 0 Å². The van der Waals surface area contributed by atoms with Gasteiger partial charge in [-0.25, -0.2) is 4.39 Å². The molecule has 6 heteroatoms. The number of benzene rings is 2. The summed E-state index contributed by atoms with van der Waals surface area (Å²) in [6.07, 6.45) is 0. The van der Waals surface area contributed by atoms with Crippen molar-refractivity contribution in [3.05, 3.63) is 53.8 Å². The van der Waals surface area contributed by atoms with Crippen molar-refractivity contribution in [2.75, 3.05) is 19.0 Å². The van der Waals surface area contributed by atoms with Crippen molar-refractivity contribution in [3.8, 4) is 11.5 Å². The molecular formula is C18H18FNO3S. The first-order chi connectivity index (χ1) is 11.6. The summed E-state index contributed by atoms with van der Waals surface area (Å²) in [5.41, 5.74) is 0.958. The molecule has 1 aliphatic heterocycles. The Kier molecular flexibility index (Phi) is 5.25. The molecule has 1 amide bonds. The van der Waals surface area contributed by atoms with Gasteiger partial charge < -0.3 is 14.8 Å². The topological polar surface area (TPSA) is 47.6 Å². The van der Waals surface area contributed by atoms with Crippen LogP contribution in [-0.4, -0.2) is 24.9 Å². The van der Waals surface area contributed by atoms with Crippen molar-refractivity contribution in [2.45, 2.75) is 17.9 Å². The van der Waals surface area contributed by atoms with E-state index in [9.17, 15) is 9.18 Å². The van der Waals surface area contributed by atoms with Crippen molar-refractivity contribution in [1.82, 2.24) is 5.32 Å². The maximum absolute atomic E-state index is 12.9. The molecular weight excluding hydrogens is 329 g/mol. The molecule has 0 bridgehead atoms. The molecule has 1 heterocycles. The number of ether oxygens (including phenoxy) is 2. The number of fused-ring (bicyclic) bond motifs is 1. The number of hydrogen-bond acceptors (Lipinski definition) is 4. The van der Waals surface area contributed by atoms with Gasteiger partial charge in [0.15, 0.2) is 11.5 Å². The van der Waals surface area contributed by atoms with Crippen LogP contribution in [0.1, 0.15) is 18.5 Å². The van der Waals surface area contributed by atoms with E-state index in [0.717, 1.165) is 16.2 Å².